The number of aliphatic hydroxyl groups excluding tert-OH is 4. The Morgan fingerprint density at radius 2 is 1.76 bits per heavy atom. The molecule has 0 bridgehead atoms. The van der Waals surface area contributed by atoms with E-state index in [1.54, 1.807) is 0 Å². The number of aliphatic hydroxyl groups is 4. The number of hydrogen-bond donors (Lipinski definition) is 4. The van der Waals surface area contributed by atoms with Crippen LogP contribution < -0.4 is 4.74 Å². The van der Waals surface area contributed by atoms with Crippen molar-refractivity contribution < 1.29 is 34.8 Å². The van der Waals surface area contributed by atoms with Crippen molar-refractivity contribution in [3.8, 4) is 5.75 Å². The maximum Gasteiger partial charge on any atom is 0.269 e. The minimum absolute atomic E-state index is 0.129. The minimum Gasteiger partial charge on any atom is -0.462 e. The SMILES string of the molecule is O=[N+]([O-])c1ccc(O[C@H]2O[C@H](CO)[C@@H](O)C(O)C2O)cc1. The second-order valence-electron chi connectivity index (χ2n) is 4.57. The van der Waals surface area contributed by atoms with E-state index in [0.717, 1.165) is 0 Å². The topological polar surface area (TPSA) is 143 Å². The molecule has 1 aliphatic rings. The molecular formula is C12H15NO8. The van der Waals surface area contributed by atoms with Crippen molar-refractivity contribution in [2.75, 3.05) is 6.61 Å². The van der Waals surface area contributed by atoms with E-state index in [1.165, 1.54) is 24.3 Å². The van der Waals surface area contributed by atoms with Crippen molar-refractivity contribution in [1.29, 1.82) is 0 Å². The smallest absolute Gasteiger partial charge is 0.269 e. The lowest BCUT2D eigenvalue weighted by Crippen LogP contribution is -2.60. The second kappa shape index (κ2) is 6.33. The maximum absolute atomic E-state index is 10.5. The molecule has 9 heteroatoms. The summed E-state index contributed by atoms with van der Waals surface area (Å²) in [5.41, 5.74) is -0.129. The number of nitro groups is 1. The lowest BCUT2D eigenvalue weighted by atomic mass is 9.99. The van der Waals surface area contributed by atoms with E-state index in [0.29, 0.717) is 0 Å². The Balaban J connectivity index is 2.08. The molecule has 0 aromatic heterocycles. The van der Waals surface area contributed by atoms with Gasteiger partial charge in [0.05, 0.1) is 11.5 Å². The predicted octanol–water partition coefficient (Wildman–Crippen LogP) is -1.23. The van der Waals surface area contributed by atoms with E-state index in [4.69, 9.17) is 14.6 Å². The van der Waals surface area contributed by atoms with Crippen LogP contribution in [0, 0.1) is 10.1 Å². The van der Waals surface area contributed by atoms with Crippen LogP contribution in [0.2, 0.25) is 0 Å². The van der Waals surface area contributed by atoms with Crippen molar-refractivity contribution in [3.63, 3.8) is 0 Å². The van der Waals surface area contributed by atoms with Crippen LogP contribution in [0.1, 0.15) is 0 Å². The van der Waals surface area contributed by atoms with Gasteiger partial charge in [-0.25, -0.2) is 0 Å². The van der Waals surface area contributed by atoms with E-state index >= 15 is 0 Å². The zero-order chi connectivity index (χ0) is 15.6. The average Bonchev–Trinajstić information content (AvgIpc) is 2.48. The van der Waals surface area contributed by atoms with Gasteiger partial charge < -0.3 is 29.9 Å². The molecule has 1 aromatic carbocycles. The van der Waals surface area contributed by atoms with Gasteiger partial charge in [0.2, 0.25) is 6.29 Å². The molecule has 0 saturated carbocycles. The summed E-state index contributed by atoms with van der Waals surface area (Å²) in [5, 5.41) is 48.6. The van der Waals surface area contributed by atoms with E-state index in [2.05, 4.69) is 0 Å². The van der Waals surface area contributed by atoms with Crippen molar-refractivity contribution in [3.05, 3.63) is 34.4 Å². The van der Waals surface area contributed by atoms with Gasteiger partial charge in [-0.1, -0.05) is 0 Å². The summed E-state index contributed by atoms with van der Waals surface area (Å²) < 4.78 is 10.4. The third kappa shape index (κ3) is 3.28. The summed E-state index contributed by atoms with van der Waals surface area (Å²) in [6.45, 7) is -0.564. The van der Waals surface area contributed by atoms with E-state index < -0.39 is 42.2 Å². The standard InChI is InChI=1S/C12H15NO8/c14-5-8-9(15)10(16)11(17)12(21-8)20-7-3-1-6(2-4-7)13(18)19/h1-4,8-12,14-17H,5H2/t8-,9-,10?,11?,12+/m1/s1. The second-order valence-corrected chi connectivity index (χ2v) is 4.57. The Bertz CT molecular complexity index is 491. The van der Waals surface area contributed by atoms with Gasteiger partial charge in [-0.05, 0) is 12.1 Å². The third-order valence-electron chi connectivity index (χ3n) is 3.15. The fourth-order valence-corrected chi connectivity index (χ4v) is 1.95. The lowest BCUT2D eigenvalue weighted by molar-refractivity contribution is -0.384. The largest absolute Gasteiger partial charge is 0.462 e. The predicted molar refractivity (Wildman–Crippen MR) is 67.5 cm³/mol. The quantitative estimate of drug-likeness (QED) is 0.400. The Morgan fingerprint density at radius 3 is 2.29 bits per heavy atom. The first-order valence-electron chi connectivity index (χ1n) is 6.15. The van der Waals surface area contributed by atoms with Crippen LogP contribution >= 0.6 is 0 Å². The highest BCUT2D eigenvalue weighted by atomic mass is 16.7. The van der Waals surface area contributed by atoms with Crippen LogP contribution in [0.4, 0.5) is 5.69 Å². The first-order chi connectivity index (χ1) is 9.93. The van der Waals surface area contributed by atoms with Gasteiger partial charge in [-0.3, -0.25) is 10.1 Å². The zero-order valence-corrected chi connectivity index (χ0v) is 10.8. The molecule has 5 atom stereocenters. The van der Waals surface area contributed by atoms with Gasteiger partial charge in [0.1, 0.15) is 30.2 Å². The molecule has 0 radical (unpaired) electrons. The van der Waals surface area contributed by atoms with Gasteiger partial charge >= 0.3 is 0 Å². The third-order valence-corrected chi connectivity index (χ3v) is 3.15. The molecular weight excluding hydrogens is 286 g/mol. The van der Waals surface area contributed by atoms with E-state index in [-0.39, 0.29) is 11.4 Å². The number of rotatable bonds is 4. The van der Waals surface area contributed by atoms with Gasteiger partial charge in [0.15, 0.2) is 0 Å². The van der Waals surface area contributed by atoms with Crippen molar-refractivity contribution in [2.24, 2.45) is 0 Å². The van der Waals surface area contributed by atoms with Crippen molar-refractivity contribution in [2.45, 2.75) is 30.7 Å². The Morgan fingerprint density at radius 1 is 1.14 bits per heavy atom. The van der Waals surface area contributed by atoms with E-state index in [9.17, 15) is 25.4 Å². The number of nitrogens with zero attached hydrogens (tertiary/aromatic N) is 1. The summed E-state index contributed by atoms with van der Waals surface area (Å²) in [6, 6.07) is 5.03. The Hall–Kier alpha value is -1.78. The Labute approximate surface area is 119 Å². The monoisotopic (exact) mass is 301 g/mol. The highest BCUT2D eigenvalue weighted by molar-refractivity contribution is 5.36. The first kappa shape index (κ1) is 15.6. The molecule has 1 aliphatic heterocycles. The van der Waals surface area contributed by atoms with Crippen molar-refractivity contribution >= 4 is 5.69 Å². The number of hydrogen-bond acceptors (Lipinski definition) is 8. The maximum atomic E-state index is 10.5. The van der Waals surface area contributed by atoms with Crippen molar-refractivity contribution in [1.82, 2.24) is 0 Å². The van der Waals surface area contributed by atoms with Gasteiger partial charge in [-0.15, -0.1) is 0 Å². The average molecular weight is 301 g/mol. The molecule has 0 aliphatic carbocycles. The lowest BCUT2D eigenvalue weighted by Gasteiger charge is -2.39. The summed E-state index contributed by atoms with van der Waals surface area (Å²) >= 11 is 0. The fourth-order valence-electron chi connectivity index (χ4n) is 1.95. The number of non-ortho nitro benzene ring substituents is 1. The molecule has 9 nitrogen and oxygen atoms in total. The number of nitro benzene ring substituents is 1. The van der Waals surface area contributed by atoms with Crippen LogP contribution in [0.15, 0.2) is 24.3 Å². The molecule has 0 amide bonds. The highest BCUT2D eigenvalue weighted by Gasteiger charge is 2.44. The minimum atomic E-state index is -1.54. The molecule has 2 unspecified atom stereocenters. The van der Waals surface area contributed by atoms with Gasteiger partial charge in [-0.2, -0.15) is 0 Å². The van der Waals surface area contributed by atoms with Crippen LogP contribution in [0.3, 0.4) is 0 Å². The summed E-state index contributed by atoms with van der Waals surface area (Å²) in [4.78, 5) is 9.95. The summed E-state index contributed by atoms with van der Waals surface area (Å²) in [5.74, 6) is 0.171. The molecule has 21 heavy (non-hydrogen) atoms. The van der Waals surface area contributed by atoms with Crippen LogP contribution in [0.5, 0.6) is 5.75 Å². The van der Waals surface area contributed by atoms with E-state index in [1.807, 2.05) is 0 Å². The summed E-state index contributed by atoms with van der Waals surface area (Å²) in [7, 11) is 0. The number of ether oxygens (including phenoxy) is 2. The fraction of sp³-hybridized carbons (Fsp3) is 0.500. The molecule has 1 heterocycles. The molecule has 4 N–H and O–H groups in total. The molecule has 0 spiro atoms. The molecule has 2 rings (SSSR count). The molecule has 1 aromatic rings. The Kier molecular flexibility index (Phi) is 4.70. The van der Waals surface area contributed by atoms with Gasteiger partial charge in [0.25, 0.3) is 5.69 Å². The molecule has 116 valence electrons. The van der Waals surface area contributed by atoms with Crippen LogP contribution in [-0.4, -0.2) is 62.7 Å². The van der Waals surface area contributed by atoms with Crippen LogP contribution in [0.25, 0.3) is 0 Å². The highest BCUT2D eigenvalue weighted by Crippen LogP contribution is 2.25. The molecule has 1 fully saturated rings. The molecule has 1 saturated heterocycles. The zero-order valence-electron chi connectivity index (χ0n) is 10.8. The first-order valence-corrected chi connectivity index (χ1v) is 6.15. The number of benzene rings is 1. The normalized spacial score (nSPS) is 32.7. The van der Waals surface area contributed by atoms with Gasteiger partial charge in [0, 0.05) is 12.1 Å². The summed E-state index contributed by atoms with van der Waals surface area (Å²) in [6.07, 6.45) is -6.94. The van der Waals surface area contributed by atoms with Crippen LogP contribution in [-0.2, 0) is 4.74 Å².